The molecule has 0 saturated carbocycles. The molecule has 1 aromatic rings. The summed E-state index contributed by atoms with van der Waals surface area (Å²) in [6.45, 7) is 4.14. The molecule has 0 aliphatic rings. The lowest BCUT2D eigenvalue weighted by atomic mass is 10.1. The fourth-order valence-electron chi connectivity index (χ4n) is 1.82. The summed E-state index contributed by atoms with van der Waals surface area (Å²) < 4.78 is 1.81. The van der Waals surface area contributed by atoms with E-state index in [1.54, 1.807) is 12.4 Å². The van der Waals surface area contributed by atoms with Gasteiger partial charge in [0.25, 0.3) is 0 Å². The zero-order valence-corrected chi connectivity index (χ0v) is 10.0. The van der Waals surface area contributed by atoms with Gasteiger partial charge in [0.05, 0.1) is 0 Å². The molecule has 4 nitrogen and oxygen atoms in total. The molecule has 4 heteroatoms. The van der Waals surface area contributed by atoms with Gasteiger partial charge in [-0.2, -0.15) is 0 Å². The molecule has 1 rings (SSSR count). The maximum absolute atomic E-state index is 11.2. The number of nitrogens with zero attached hydrogens (tertiary/aromatic N) is 2. The molecule has 90 valence electrons. The number of unbranched alkanes of at least 4 members (excludes halogenated alkanes) is 1. The van der Waals surface area contributed by atoms with Crippen molar-refractivity contribution in [3.05, 3.63) is 18.2 Å². The fraction of sp³-hybridized carbons (Fsp3) is 0.667. The average Bonchev–Trinajstić information content (AvgIpc) is 2.67. The number of hydrogen-bond acceptors (Lipinski definition) is 2. The highest BCUT2D eigenvalue weighted by Crippen LogP contribution is 2.18. The van der Waals surface area contributed by atoms with Crippen LogP contribution in [0.25, 0.3) is 0 Å². The summed E-state index contributed by atoms with van der Waals surface area (Å²) in [5.41, 5.74) is 0. The third-order valence-electron chi connectivity index (χ3n) is 2.67. The van der Waals surface area contributed by atoms with Crippen LogP contribution in [0, 0.1) is 0 Å². The van der Waals surface area contributed by atoms with Crippen molar-refractivity contribution in [2.24, 2.45) is 0 Å². The van der Waals surface area contributed by atoms with E-state index in [0.29, 0.717) is 6.42 Å². The van der Waals surface area contributed by atoms with Crippen molar-refractivity contribution >= 4 is 5.97 Å². The van der Waals surface area contributed by atoms with Crippen LogP contribution < -0.4 is 0 Å². The normalized spacial score (nSPS) is 12.6. The Bertz CT molecular complexity index is 334. The quantitative estimate of drug-likeness (QED) is 0.774. The highest BCUT2D eigenvalue weighted by molar-refractivity contribution is 5.71. The van der Waals surface area contributed by atoms with Crippen LogP contribution in [-0.2, 0) is 11.2 Å². The first-order valence-corrected chi connectivity index (χ1v) is 5.95. The van der Waals surface area contributed by atoms with E-state index in [0.717, 1.165) is 31.5 Å². The molecule has 0 bridgehead atoms. The molecule has 1 aromatic heterocycles. The van der Waals surface area contributed by atoms with Crippen molar-refractivity contribution in [2.75, 3.05) is 0 Å². The van der Waals surface area contributed by atoms with Gasteiger partial charge in [0.2, 0.25) is 0 Å². The molecule has 1 unspecified atom stereocenters. The minimum Gasteiger partial charge on any atom is -0.480 e. The van der Waals surface area contributed by atoms with Gasteiger partial charge in [-0.3, -0.25) is 0 Å². The Balaban J connectivity index is 2.83. The van der Waals surface area contributed by atoms with Crippen LogP contribution in [0.15, 0.2) is 12.4 Å². The van der Waals surface area contributed by atoms with Crippen molar-refractivity contribution in [1.82, 2.24) is 9.55 Å². The minimum atomic E-state index is -0.760. The maximum Gasteiger partial charge on any atom is 0.326 e. The van der Waals surface area contributed by atoms with Gasteiger partial charge in [-0.15, -0.1) is 0 Å². The maximum atomic E-state index is 11.2. The molecular weight excluding hydrogens is 204 g/mol. The molecule has 1 atom stereocenters. The Kier molecular flexibility index (Phi) is 5.02. The lowest BCUT2D eigenvalue weighted by molar-refractivity contribution is -0.141. The lowest BCUT2D eigenvalue weighted by Crippen LogP contribution is -2.20. The number of rotatable bonds is 7. The van der Waals surface area contributed by atoms with E-state index in [1.807, 2.05) is 4.57 Å². The third kappa shape index (κ3) is 3.08. The van der Waals surface area contributed by atoms with Crippen LogP contribution in [-0.4, -0.2) is 20.6 Å². The summed E-state index contributed by atoms with van der Waals surface area (Å²) in [5, 5.41) is 9.22. The first kappa shape index (κ1) is 12.7. The smallest absolute Gasteiger partial charge is 0.326 e. The molecule has 0 aromatic carbocycles. The predicted molar refractivity (Wildman–Crippen MR) is 62.4 cm³/mol. The summed E-state index contributed by atoms with van der Waals surface area (Å²) >= 11 is 0. The average molecular weight is 224 g/mol. The van der Waals surface area contributed by atoms with Crippen LogP contribution in [0.4, 0.5) is 0 Å². The van der Waals surface area contributed by atoms with Crippen LogP contribution >= 0.6 is 0 Å². The summed E-state index contributed by atoms with van der Waals surface area (Å²) in [4.78, 5) is 15.4. The number of carboxylic acids is 1. The third-order valence-corrected chi connectivity index (χ3v) is 2.67. The van der Waals surface area contributed by atoms with E-state index in [1.165, 1.54) is 0 Å². The molecule has 0 saturated heterocycles. The van der Waals surface area contributed by atoms with E-state index in [9.17, 15) is 9.90 Å². The highest BCUT2D eigenvalue weighted by Gasteiger charge is 2.20. The first-order valence-electron chi connectivity index (χ1n) is 5.95. The van der Waals surface area contributed by atoms with Gasteiger partial charge in [0.15, 0.2) is 0 Å². The summed E-state index contributed by atoms with van der Waals surface area (Å²) in [6.07, 6.45) is 7.91. The largest absolute Gasteiger partial charge is 0.480 e. The summed E-state index contributed by atoms with van der Waals surface area (Å²) in [7, 11) is 0. The molecule has 0 aliphatic carbocycles. The van der Waals surface area contributed by atoms with E-state index < -0.39 is 12.0 Å². The first-order chi connectivity index (χ1) is 7.70. The molecule has 0 spiro atoms. The second kappa shape index (κ2) is 6.30. The van der Waals surface area contributed by atoms with Crippen molar-refractivity contribution in [1.29, 1.82) is 0 Å². The van der Waals surface area contributed by atoms with E-state index in [2.05, 4.69) is 18.8 Å². The Morgan fingerprint density at radius 1 is 1.50 bits per heavy atom. The molecule has 1 N–H and O–H groups in total. The Labute approximate surface area is 96.3 Å². The van der Waals surface area contributed by atoms with Crippen molar-refractivity contribution in [3.63, 3.8) is 0 Å². The predicted octanol–water partition coefficient (Wildman–Crippen LogP) is 2.65. The molecule has 0 fully saturated rings. The van der Waals surface area contributed by atoms with Crippen molar-refractivity contribution in [3.8, 4) is 0 Å². The number of imidazole rings is 1. The minimum absolute atomic E-state index is 0.455. The van der Waals surface area contributed by atoms with Crippen LogP contribution in [0.3, 0.4) is 0 Å². The standard InChI is InChI=1S/C12H20N2O2/c1-3-5-7-10(12(15)16)14-9-8-13-11(14)6-4-2/h8-10H,3-7H2,1-2H3,(H,15,16). The SMILES string of the molecule is CCCCC(C(=O)O)n1ccnc1CCC. The molecule has 1 heterocycles. The molecule has 16 heavy (non-hydrogen) atoms. The van der Waals surface area contributed by atoms with Crippen molar-refractivity contribution in [2.45, 2.75) is 52.0 Å². The number of carboxylic acid groups (broad SMARTS) is 1. The van der Waals surface area contributed by atoms with Crippen LogP contribution in [0.2, 0.25) is 0 Å². The molecular formula is C12H20N2O2. The van der Waals surface area contributed by atoms with Crippen molar-refractivity contribution < 1.29 is 9.90 Å². The number of aryl methyl sites for hydroxylation is 1. The second-order valence-electron chi connectivity index (χ2n) is 4.00. The fourth-order valence-corrected chi connectivity index (χ4v) is 1.82. The van der Waals surface area contributed by atoms with Gasteiger partial charge in [0, 0.05) is 18.8 Å². The highest BCUT2D eigenvalue weighted by atomic mass is 16.4. The van der Waals surface area contributed by atoms with Gasteiger partial charge < -0.3 is 9.67 Å². The molecule has 0 aliphatic heterocycles. The zero-order valence-electron chi connectivity index (χ0n) is 10.0. The van der Waals surface area contributed by atoms with Crippen LogP contribution in [0.1, 0.15) is 51.4 Å². The zero-order chi connectivity index (χ0) is 12.0. The van der Waals surface area contributed by atoms with E-state index in [4.69, 9.17) is 0 Å². The van der Waals surface area contributed by atoms with E-state index >= 15 is 0 Å². The summed E-state index contributed by atoms with van der Waals surface area (Å²) in [6, 6.07) is -0.455. The number of aliphatic carboxylic acids is 1. The second-order valence-corrected chi connectivity index (χ2v) is 4.00. The Morgan fingerprint density at radius 3 is 2.81 bits per heavy atom. The Hall–Kier alpha value is -1.32. The number of carbonyl (C=O) groups is 1. The van der Waals surface area contributed by atoms with Gasteiger partial charge in [-0.25, -0.2) is 9.78 Å². The monoisotopic (exact) mass is 224 g/mol. The lowest BCUT2D eigenvalue weighted by Gasteiger charge is -2.16. The topological polar surface area (TPSA) is 55.1 Å². The van der Waals surface area contributed by atoms with Gasteiger partial charge in [0.1, 0.15) is 11.9 Å². The molecule has 0 amide bonds. The van der Waals surface area contributed by atoms with Gasteiger partial charge in [-0.1, -0.05) is 26.7 Å². The van der Waals surface area contributed by atoms with Gasteiger partial charge >= 0.3 is 5.97 Å². The molecule has 0 radical (unpaired) electrons. The Morgan fingerprint density at radius 2 is 2.25 bits per heavy atom. The van der Waals surface area contributed by atoms with E-state index in [-0.39, 0.29) is 0 Å². The summed E-state index contributed by atoms with van der Waals surface area (Å²) in [5.74, 6) is 0.120. The van der Waals surface area contributed by atoms with Gasteiger partial charge in [-0.05, 0) is 12.8 Å². The number of hydrogen-bond donors (Lipinski definition) is 1. The number of aromatic nitrogens is 2. The van der Waals surface area contributed by atoms with Crippen LogP contribution in [0.5, 0.6) is 0 Å².